The molecule has 2 aliphatic heterocycles. The Hall–Kier alpha value is -2.25. The first-order chi connectivity index (χ1) is 13.2. The van der Waals surface area contributed by atoms with Crippen LogP contribution in [-0.2, 0) is 11.3 Å². The van der Waals surface area contributed by atoms with Crippen LogP contribution in [0, 0.1) is 5.82 Å². The largest absolute Gasteiger partial charge is 0.381 e. The van der Waals surface area contributed by atoms with E-state index in [2.05, 4.69) is 25.8 Å². The van der Waals surface area contributed by atoms with E-state index in [1.165, 1.54) is 12.1 Å². The number of nitrogen functional groups attached to an aromatic ring is 1. The molecule has 0 saturated carbocycles. The average molecular weight is 371 g/mol. The third kappa shape index (κ3) is 4.54. The zero-order valence-electron chi connectivity index (χ0n) is 15.5. The predicted molar refractivity (Wildman–Crippen MR) is 103 cm³/mol. The maximum Gasteiger partial charge on any atom is 0.222 e. The lowest BCUT2D eigenvalue weighted by atomic mass is 10.0. The van der Waals surface area contributed by atoms with Crippen LogP contribution in [0.2, 0.25) is 0 Å². The number of benzene rings is 1. The monoisotopic (exact) mass is 371 g/mol. The predicted octanol–water partition coefficient (Wildman–Crippen LogP) is 2.41. The van der Waals surface area contributed by atoms with Crippen LogP contribution in [-0.4, -0.2) is 54.3 Å². The van der Waals surface area contributed by atoms with Crippen molar-refractivity contribution in [3.05, 3.63) is 47.4 Å². The minimum atomic E-state index is -0.189. The molecule has 0 amide bonds. The molecule has 2 aromatic rings. The molecule has 2 N–H and O–H groups in total. The fraction of sp³-hybridized carbons (Fsp3) is 0.500. The summed E-state index contributed by atoms with van der Waals surface area (Å²) in [5.41, 5.74) is 8.11. The molecule has 0 radical (unpaired) electrons. The van der Waals surface area contributed by atoms with Crippen LogP contribution in [0.25, 0.3) is 0 Å². The van der Waals surface area contributed by atoms with Crippen LogP contribution < -0.4 is 10.6 Å². The van der Waals surface area contributed by atoms with Crippen LogP contribution in [0.3, 0.4) is 0 Å². The van der Waals surface area contributed by atoms with E-state index in [9.17, 15) is 4.39 Å². The van der Waals surface area contributed by atoms with Gasteiger partial charge in [-0.25, -0.2) is 9.37 Å². The van der Waals surface area contributed by atoms with Gasteiger partial charge in [0.1, 0.15) is 11.6 Å². The highest BCUT2D eigenvalue weighted by Crippen LogP contribution is 2.27. The smallest absolute Gasteiger partial charge is 0.222 e. The summed E-state index contributed by atoms with van der Waals surface area (Å²) in [5, 5.41) is 0. The minimum absolute atomic E-state index is 0.189. The van der Waals surface area contributed by atoms with Gasteiger partial charge in [0.25, 0.3) is 0 Å². The Morgan fingerprint density at radius 1 is 1.11 bits per heavy atom. The van der Waals surface area contributed by atoms with Gasteiger partial charge < -0.3 is 15.4 Å². The molecule has 3 heterocycles. The highest BCUT2D eigenvalue weighted by atomic mass is 19.1. The molecular weight excluding hydrogens is 345 g/mol. The minimum Gasteiger partial charge on any atom is -0.381 e. The number of anilines is 2. The number of rotatable bonds is 4. The molecule has 6 nitrogen and oxygen atoms in total. The summed E-state index contributed by atoms with van der Waals surface area (Å²) in [5.74, 6) is 1.37. The van der Waals surface area contributed by atoms with E-state index in [4.69, 9.17) is 10.5 Å². The number of hydrogen-bond donors (Lipinski definition) is 1. The number of ether oxygens (including phenoxy) is 1. The molecule has 1 aromatic carbocycles. The van der Waals surface area contributed by atoms with Crippen molar-refractivity contribution in [3.8, 4) is 0 Å². The number of hydrogen-bond acceptors (Lipinski definition) is 6. The maximum absolute atomic E-state index is 13.1. The second-order valence-electron chi connectivity index (χ2n) is 7.31. The average Bonchev–Trinajstić information content (AvgIpc) is 3.10. The zero-order chi connectivity index (χ0) is 18.6. The van der Waals surface area contributed by atoms with Crippen molar-refractivity contribution >= 4 is 11.8 Å². The van der Waals surface area contributed by atoms with Gasteiger partial charge in [-0.05, 0) is 30.5 Å². The van der Waals surface area contributed by atoms with Crippen LogP contribution in [0.5, 0.6) is 0 Å². The SMILES string of the molecule is Nc1nc([C@H]2CCOC2)cc(N2CCCN(Cc3ccc(F)cc3)CC2)n1. The summed E-state index contributed by atoms with van der Waals surface area (Å²) in [4.78, 5) is 13.6. The molecule has 2 fully saturated rings. The van der Waals surface area contributed by atoms with Gasteiger partial charge in [0.05, 0.1) is 12.3 Å². The lowest BCUT2D eigenvalue weighted by molar-refractivity contribution is 0.193. The summed E-state index contributed by atoms with van der Waals surface area (Å²) in [7, 11) is 0. The fourth-order valence-corrected chi connectivity index (χ4v) is 3.82. The van der Waals surface area contributed by atoms with E-state index in [0.29, 0.717) is 18.5 Å². The summed E-state index contributed by atoms with van der Waals surface area (Å²) in [6.45, 7) is 6.11. The lowest BCUT2D eigenvalue weighted by Gasteiger charge is -2.23. The lowest BCUT2D eigenvalue weighted by Crippen LogP contribution is -2.31. The first-order valence-corrected chi connectivity index (χ1v) is 9.61. The van der Waals surface area contributed by atoms with Crippen molar-refractivity contribution < 1.29 is 9.13 Å². The highest BCUT2D eigenvalue weighted by molar-refractivity contribution is 5.44. The molecule has 4 rings (SSSR count). The van der Waals surface area contributed by atoms with Gasteiger partial charge in [0, 0.05) is 51.3 Å². The Bertz CT molecular complexity index is 763. The number of nitrogens with two attached hydrogens (primary N) is 1. The van der Waals surface area contributed by atoms with E-state index in [0.717, 1.165) is 69.2 Å². The van der Waals surface area contributed by atoms with Gasteiger partial charge in [-0.1, -0.05) is 12.1 Å². The molecular formula is C20H26FN5O. The summed E-state index contributed by atoms with van der Waals surface area (Å²) < 4.78 is 18.6. The van der Waals surface area contributed by atoms with Crippen LogP contribution in [0.1, 0.15) is 30.0 Å². The molecule has 1 atom stereocenters. The number of halogens is 1. The molecule has 0 aliphatic carbocycles. The number of nitrogens with zero attached hydrogens (tertiary/aromatic N) is 4. The molecule has 7 heteroatoms. The molecule has 144 valence electrons. The van der Waals surface area contributed by atoms with E-state index >= 15 is 0 Å². The molecule has 0 bridgehead atoms. The summed E-state index contributed by atoms with van der Waals surface area (Å²) in [6, 6.07) is 8.85. The molecule has 0 spiro atoms. The molecule has 27 heavy (non-hydrogen) atoms. The quantitative estimate of drug-likeness (QED) is 0.890. The van der Waals surface area contributed by atoms with Gasteiger partial charge in [-0.3, -0.25) is 4.90 Å². The second kappa shape index (κ2) is 8.19. The Labute approximate surface area is 159 Å². The van der Waals surface area contributed by atoms with Gasteiger partial charge in [0.15, 0.2) is 0 Å². The summed E-state index contributed by atoms with van der Waals surface area (Å²) in [6.07, 6.45) is 2.04. The van der Waals surface area contributed by atoms with Gasteiger partial charge in [0.2, 0.25) is 5.95 Å². The highest BCUT2D eigenvalue weighted by Gasteiger charge is 2.22. The Kier molecular flexibility index (Phi) is 5.50. The topological polar surface area (TPSA) is 67.5 Å². The van der Waals surface area contributed by atoms with Crippen molar-refractivity contribution in [3.63, 3.8) is 0 Å². The molecule has 2 saturated heterocycles. The van der Waals surface area contributed by atoms with Crippen molar-refractivity contribution in [1.29, 1.82) is 0 Å². The summed E-state index contributed by atoms with van der Waals surface area (Å²) >= 11 is 0. The van der Waals surface area contributed by atoms with Crippen LogP contribution >= 0.6 is 0 Å². The van der Waals surface area contributed by atoms with Crippen LogP contribution in [0.4, 0.5) is 16.2 Å². The molecule has 0 unspecified atom stereocenters. The Morgan fingerprint density at radius 2 is 1.96 bits per heavy atom. The third-order valence-electron chi connectivity index (χ3n) is 5.33. The van der Waals surface area contributed by atoms with E-state index in [1.807, 2.05) is 12.1 Å². The van der Waals surface area contributed by atoms with E-state index < -0.39 is 0 Å². The van der Waals surface area contributed by atoms with Gasteiger partial charge in [-0.2, -0.15) is 4.98 Å². The normalized spacial score (nSPS) is 21.4. The van der Waals surface area contributed by atoms with Crippen LogP contribution in [0.15, 0.2) is 30.3 Å². The Balaban J connectivity index is 1.42. The first-order valence-electron chi connectivity index (χ1n) is 9.61. The Morgan fingerprint density at radius 3 is 2.74 bits per heavy atom. The maximum atomic E-state index is 13.1. The van der Waals surface area contributed by atoms with Gasteiger partial charge in [-0.15, -0.1) is 0 Å². The fourth-order valence-electron chi connectivity index (χ4n) is 3.82. The number of aromatic nitrogens is 2. The second-order valence-corrected chi connectivity index (χ2v) is 7.31. The third-order valence-corrected chi connectivity index (χ3v) is 5.33. The first kappa shape index (κ1) is 18.1. The standard InChI is InChI=1S/C20H26FN5O/c21-17-4-2-15(3-5-17)13-25-7-1-8-26(10-9-25)19-12-18(23-20(22)24-19)16-6-11-27-14-16/h2-5,12,16H,1,6-11,13-14H2,(H2,22,23,24)/t16-/m0/s1. The van der Waals surface area contributed by atoms with E-state index in [-0.39, 0.29) is 5.82 Å². The van der Waals surface area contributed by atoms with Gasteiger partial charge >= 0.3 is 0 Å². The van der Waals surface area contributed by atoms with Crippen molar-refractivity contribution in [2.75, 3.05) is 50.0 Å². The van der Waals surface area contributed by atoms with Crippen molar-refractivity contribution in [2.24, 2.45) is 0 Å². The van der Waals surface area contributed by atoms with Crippen molar-refractivity contribution in [2.45, 2.75) is 25.3 Å². The zero-order valence-corrected chi connectivity index (χ0v) is 15.5. The van der Waals surface area contributed by atoms with Crippen molar-refractivity contribution in [1.82, 2.24) is 14.9 Å². The van der Waals surface area contributed by atoms with E-state index in [1.54, 1.807) is 0 Å². The molecule has 2 aliphatic rings. The molecule has 1 aromatic heterocycles.